The highest BCUT2D eigenvalue weighted by molar-refractivity contribution is 5.80. The first kappa shape index (κ1) is 17.3. The minimum atomic E-state index is -1.52. The fraction of sp³-hybridized carbons (Fsp3) is 0.571. The predicted octanol–water partition coefficient (Wildman–Crippen LogP) is -1.42. The van der Waals surface area contributed by atoms with Crippen molar-refractivity contribution < 1.29 is 24.5 Å². The molecule has 126 valence electrons. The lowest BCUT2D eigenvalue weighted by molar-refractivity contribution is -0.139. The Labute approximate surface area is 130 Å². The number of aliphatic hydroxyl groups excluding tert-OH is 2. The van der Waals surface area contributed by atoms with Gasteiger partial charge in [-0.2, -0.15) is 4.57 Å². The number of hydrogen-bond donors (Lipinski definition) is 2. The summed E-state index contributed by atoms with van der Waals surface area (Å²) >= 11 is 0. The summed E-state index contributed by atoms with van der Waals surface area (Å²) in [5.41, 5.74) is -1.48. The highest BCUT2D eigenvalue weighted by Gasteiger charge is 2.41. The third-order valence-electron chi connectivity index (χ3n) is 3.77. The number of ether oxygens (including phenoxy) is 1. The molecule has 1 aliphatic heterocycles. The summed E-state index contributed by atoms with van der Waals surface area (Å²) in [6.45, 7) is 3.67. The summed E-state index contributed by atoms with van der Waals surface area (Å²) in [4.78, 5) is 46.9. The van der Waals surface area contributed by atoms with Crippen LogP contribution < -0.4 is 11.2 Å². The van der Waals surface area contributed by atoms with E-state index in [9.17, 15) is 29.4 Å². The maximum absolute atomic E-state index is 12.3. The highest BCUT2D eigenvalue weighted by Crippen LogP contribution is 2.29. The van der Waals surface area contributed by atoms with E-state index in [0.29, 0.717) is 4.57 Å². The molecule has 9 heteroatoms. The van der Waals surface area contributed by atoms with Gasteiger partial charge in [-0.3, -0.25) is 19.0 Å². The van der Waals surface area contributed by atoms with Gasteiger partial charge in [0.15, 0.2) is 5.78 Å². The zero-order chi connectivity index (χ0) is 17.5. The molecule has 0 aromatic carbocycles. The molecule has 2 heterocycles. The maximum Gasteiger partial charge on any atom is 0.340 e. The van der Waals surface area contributed by atoms with E-state index in [0.717, 1.165) is 18.4 Å². The molecule has 0 radical (unpaired) electrons. The molecule has 0 saturated carbocycles. The van der Waals surface area contributed by atoms with Crippen LogP contribution in [-0.2, 0) is 9.53 Å². The molecule has 1 unspecified atom stereocenters. The van der Waals surface area contributed by atoms with E-state index >= 15 is 0 Å². The van der Waals surface area contributed by atoms with Crippen LogP contribution in [0.4, 0.5) is 0 Å². The van der Waals surface area contributed by atoms with Crippen molar-refractivity contribution in [3.05, 3.63) is 32.6 Å². The van der Waals surface area contributed by atoms with Gasteiger partial charge in [-0.15, -0.1) is 0 Å². The molecule has 4 atom stereocenters. The van der Waals surface area contributed by atoms with Gasteiger partial charge in [0, 0.05) is 25.1 Å². The third-order valence-corrected chi connectivity index (χ3v) is 3.77. The number of aryl methyl sites for hydroxylation is 1. The van der Waals surface area contributed by atoms with E-state index in [-0.39, 0.29) is 12.0 Å². The van der Waals surface area contributed by atoms with Gasteiger partial charge in [0.25, 0.3) is 5.56 Å². The first-order valence-electron chi connectivity index (χ1n) is 7.03. The van der Waals surface area contributed by atoms with Crippen LogP contribution >= 0.6 is 0 Å². The Morgan fingerprint density at radius 3 is 2.48 bits per heavy atom. The number of aromatic nitrogens is 2. The summed E-state index contributed by atoms with van der Waals surface area (Å²) in [6.07, 6.45) is -3.70. The molecule has 0 amide bonds. The third kappa shape index (κ3) is 3.03. The second kappa shape index (κ2) is 6.19. The molecule has 1 aliphatic rings. The second-order valence-electron chi connectivity index (χ2n) is 5.58. The van der Waals surface area contributed by atoms with Crippen LogP contribution in [0.25, 0.3) is 0 Å². The lowest BCUT2D eigenvalue weighted by Gasteiger charge is -2.20. The first-order valence-corrected chi connectivity index (χ1v) is 7.03. The molecule has 1 aromatic heterocycles. The summed E-state index contributed by atoms with van der Waals surface area (Å²) in [5.74, 6) is -1.32. The fourth-order valence-corrected chi connectivity index (χ4v) is 2.55. The SMILES string of the molecule is CC(=O)C(O)[C@H]1O[C@@H](n2cc(C)c(=O)n(C(C)=O)c2=O)C[C@@H]1O. The Balaban J connectivity index is 2.45. The number of nitrogens with zero attached hydrogens (tertiary/aromatic N) is 2. The second-order valence-corrected chi connectivity index (χ2v) is 5.58. The van der Waals surface area contributed by atoms with E-state index in [1.165, 1.54) is 13.1 Å². The van der Waals surface area contributed by atoms with E-state index in [1.807, 2.05) is 0 Å². The summed E-state index contributed by atoms with van der Waals surface area (Å²) in [7, 11) is 0. The number of ketones is 1. The number of Topliss-reactive ketones (excluding diaryl/α,β-unsaturated/α-hetero) is 1. The zero-order valence-electron chi connectivity index (χ0n) is 12.9. The van der Waals surface area contributed by atoms with Crippen LogP contribution in [0.2, 0.25) is 0 Å². The lowest BCUT2D eigenvalue weighted by atomic mass is 10.1. The van der Waals surface area contributed by atoms with Crippen LogP contribution in [0.5, 0.6) is 0 Å². The molecule has 1 aromatic rings. The van der Waals surface area contributed by atoms with Crippen LogP contribution in [0, 0.1) is 6.92 Å². The predicted molar refractivity (Wildman–Crippen MR) is 77.2 cm³/mol. The van der Waals surface area contributed by atoms with Crippen molar-refractivity contribution in [1.82, 2.24) is 9.13 Å². The van der Waals surface area contributed by atoms with Gasteiger partial charge in [0.05, 0.1) is 6.10 Å². The highest BCUT2D eigenvalue weighted by atomic mass is 16.5. The van der Waals surface area contributed by atoms with Crippen LogP contribution in [-0.4, -0.2) is 49.3 Å². The Bertz CT molecular complexity index is 763. The smallest absolute Gasteiger partial charge is 0.340 e. The Hall–Kier alpha value is -2.10. The van der Waals surface area contributed by atoms with Crippen molar-refractivity contribution in [3.63, 3.8) is 0 Å². The molecule has 2 rings (SSSR count). The van der Waals surface area contributed by atoms with Gasteiger partial charge in [-0.05, 0) is 13.8 Å². The van der Waals surface area contributed by atoms with Crippen molar-refractivity contribution in [2.24, 2.45) is 0 Å². The molecule has 0 spiro atoms. The largest absolute Gasteiger partial charge is 0.390 e. The zero-order valence-corrected chi connectivity index (χ0v) is 12.9. The number of carbonyl (C=O) groups is 2. The van der Waals surface area contributed by atoms with Gasteiger partial charge >= 0.3 is 5.69 Å². The van der Waals surface area contributed by atoms with E-state index in [4.69, 9.17) is 4.74 Å². The molecule has 0 bridgehead atoms. The average molecular weight is 326 g/mol. The van der Waals surface area contributed by atoms with Crippen LogP contribution in [0.3, 0.4) is 0 Å². The number of hydrogen-bond acceptors (Lipinski definition) is 7. The quantitative estimate of drug-likeness (QED) is 0.697. The first-order chi connectivity index (χ1) is 10.6. The van der Waals surface area contributed by atoms with Gasteiger partial charge < -0.3 is 14.9 Å². The van der Waals surface area contributed by atoms with Crippen LogP contribution in [0.1, 0.15) is 36.9 Å². The lowest BCUT2D eigenvalue weighted by Crippen LogP contribution is -2.44. The number of carbonyl (C=O) groups excluding carboxylic acids is 2. The molecule has 1 saturated heterocycles. The fourth-order valence-electron chi connectivity index (χ4n) is 2.55. The molecular weight excluding hydrogens is 308 g/mol. The van der Waals surface area contributed by atoms with Crippen molar-refractivity contribution in [1.29, 1.82) is 0 Å². The van der Waals surface area contributed by atoms with Crippen molar-refractivity contribution in [3.8, 4) is 0 Å². The van der Waals surface area contributed by atoms with Crippen LogP contribution in [0.15, 0.2) is 15.8 Å². The number of aliphatic hydroxyl groups is 2. The summed E-state index contributed by atoms with van der Waals surface area (Å²) in [6, 6.07) is 0. The van der Waals surface area contributed by atoms with Gasteiger partial charge in [0.2, 0.25) is 5.91 Å². The average Bonchev–Trinajstić information content (AvgIpc) is 2.83. The van der Waals surface area contributed by atoms with E-state index < -0.39 is 47.5 Å². The van der Waals surface area contributed by atoms with E-state index in [1.54, 1.807) is 0 Å². The minimum Gasteiger partial charge on any atom is -0.390 e. The summed E-state index contributed by atoms with van der Waals surface area (Å²) in [5, 5.41) is 19.7. The van der Waals surface area contributed by atoms with Gasteiger partial charge in [-0.25, -0.2) is 4.79 Å². The maximum atomic E-state index is 12.3. The molecule has 0 aliphatic carbocycles. The van der Waals surface area contributed by atoms with Crippen molar-refractivity contribution >= 4 is 11.7 Å². The monoisotopic (exact) mass is 326 g/mol. The summed E-state index contributed by atoms with van der Waals surface area (Å²) < 4.78 is 6.89. The Kier molecular flexibility index (Phi) is 4.64. The van der Waals surface area contributed by atoms with Crippen molar-refractivity contribution in [2.75, 3.05) is 0 Å². The number of rotatable bonds is 3. The Morgan fingerprint density at radius 2 is 1.96 bits per heavy atom. The van der Waals surface area contributed by atoms with E-state index in [2.05, 4.69) is 0 Å². The topological polar surface area (TPSA) is 128 Å². The molecule has 1 fully saturated rings. The Morgan fingerprint density at radius 1 is 1.35 bits per heavy atom. The normalized spacial score (nSPS) is 25.3. The van der Waals surface area contributed by atoms with Gasteiger partial charge in [-0.1, -0.05) is 0 Å². The molecule has 23 heavy (non-hydrogen) atoms. The minimum absolute atomic E-state index is 0.0650. The molecule has 9 nitrogen and oxygen atoms in total. The van der Waals surface area contributed by atoms with Gasteiger partial charge in [0.1, 0.15) is 18.4 Å². The standard InChI is InChI=1S/C14H18N2O7/c1-6-5-15(14(22)16(8(3)18)13(6)21)10-4-9(19)12(23-10)11(20)7(2)17/h5,9-12,19-20H,4H2,1-3H3/t9-,10+,11?,12-/m0/s1. The molecular formula is C14H18N2O7. The van der Waals surface area contributed by atoms with Crippen molar-refractivity contribution in [2.45, 2.75) is 51.7 Å². The molecule has 2 N–H and O–H groups in total.